The zero-order valence-electron chi connectivity index (χ0n) is 21.1. The Morgan fingerprint density at radius 3 is 2.05 bits per heavy atom. The first-order valence-electron chi connectivity index (χ1n) is 11.7. The van der Waals surface area contributed by atoms with Gasteiger partial charge >= 0.3 is 12.1 Å². The number of H-pyrrole nitrogens is 1. The van der Waals surface area contributed by atoms with Gasteiger partial charge in [0.2, 0.25) is 0 Å². The normalized spacial score (nSPS) is 11.5. The Morgan fingerprint density at radius 2 is 1.46 bits per heavy atom. The lowest BCUT2D eigenvalue weighted by molar-refractivity contribution is -0.189. The minimum absolute atomic E-state index is 0.242. The second-order valence-electron chi connectivity index (χ2n) is 8.54. The van der Waals surface area contributed by atoms with Gasteiger partial charge in [0.25, 0.3) is 0 Å². The molecule has 0 fully saturated rings. The first-order chi connectivity index (χ1) is 18.7. The number of alkyl halides is 3. The molecular weight excluding hydrogens is 515 g/mol. The predicted octanol–water partition coefficient (Wildman–Crippen LogP) is 5.86. The summed E-state index contributed by atoms with van der Waals surface area (Å²) in [5.74, 6) is -0.802. The van der Waals surface area contributed by atoms with Crippen molar-refractivity contribution in [2.75, 3.05) is 21.3 Å². The molecule has 0 amide bonds. The Labute approximate surface area is 220 Å². The summed E-state index contributed by atoms with van der Waals surface area (Å²) in [6.45, 7) is 0. The quantitative estimate of drug-likeness (QED) is 0.205. The number of esters is 1. The van der Waals surface area contributed by atoms with Gasteiger partial charge in [0.05, 0.1) is 38.1 Å². The molecule has 39 heavy (non-hydrogen) atoms. The highest BCUT2D eigenvalue weighted by Gasteiger charge is 2.41. The topological polar surface area (TPSA) is 95.6 Å². The van der Waals surface area contributed by atoms with Crippen LogP contribution in [0.25, 0.3) is 33.1 Å². The Kier molecular flexibility index (Phi) is 6.73. The van der Waals surface area contributed by atoms with Gasteiger partial charge in [0.15, 0.2) is 17.1 Å². The largest absolute Gasteiger partial charge is 0.497 e. The molecule has 0 aliphatic carbocycles. The maximum absolute atomic E-state index is 12.6. The van der Waals surface area contributed by atoms with Gasteiger partial charge < -0.3 is 18.9 Å². The summed E-state index contributed by atoms with van der Waals surface area (Å²) in [4.78, 5) is 16.0. The lowest BCUT2D eigenvalue weighted by atomic mass is 9.98. The van der Waals surface area contributed by atoms with Crippen molar-refractivity contribution >= 4 is 27.8 Å². The van der Waals surface area contributed by atoms with Gasteiger partial charge in [-0.3, -0.25) is 5.10 Å². The molecule has 200 valence electrons. The molecule has 0 bridgehead atoms. The first-order valence-corrected chi connectivity index (χ1v) is 11.7. The number of halogens is 3. The summed E-state index contributed by atoms with van der Waals surface area (Å²) in [6, 6.07) is 16.9. The minimum Gasteiger partial charge on any atom is -0.497 e. The molecule has 0 saturated heterocycles. The Balaban J connectivity index is 1.63. The lowest BCUT2D eigenvalue weighted by Gasteiger charge is -2.14. The summed E-state index contributed by atoms with van der Waals surface area (Å²) in [5, 5.41) is 9.82. The highest BCUT2D eigenvalue weighted by atomic mass is 19.4. The highest BCUT2D eigenvalue weighted by Crippen LogP contribution is 2.40. The van der Waals surface area contributed by atoms with Crippen LogP contribution in [-0.2, 0) is 11.2 Å². The summed E-state index contributed by atoms with van der Waals surface area (Å²) >= 11 is 0. The van der Waals surface area contributed by atoms with Crippen LogP contribution in [0.4, 0.5) is 13.2 Å². The maximum Gasteiger partial charge on any atom is 0.491 e. The standard InChI is InChI=1S/C28H22F3N3O5/c1-36-17-8-4-15(5-9-17)12-21-24-19-13-22(37-2)23(38-3)14-20(19)25(32-26(24)34-33-21)16-6-10-18(11-7-16)39-27(35)28(29,30)31/h4-11,13-14H,12H2,1-3H3,(H,32,33,34). The molecule has 3 aromatic carbocycles. The van der Waals surface area contributed by atoms with Gasteiger partial charge in [-0.05, 0) is 54.1 Å². The van der Waals surface area contributed by atoms with Gasteiger partial charge in [0, 0.05) is 22.8 Å². The number of nitrogens with zero attached hydrogens (tertiary/aromatic N) is 2. The molecule has 0 radical (unpaired) electrons. The molecule has 0 spiro atoms. The van der Waals surface area contributed by atoms with Gasteiger partial charge in [-0.15, -0.1) is 0 Å². The van der Waals surface area contributed by atoms with E-state index in [1.807, 2.05) is 30.3 Å². The monoisotopic (exact) mass is 537 g/mol. The van der Waals surface area contributed by atoms with Gasteiger partial charge in [0.1, 0.15) is 11.5 Å². The maximum atomic E-state index is 12.6. The molecule has 0 saturated carbocycles. The van der Waals surface area contributed by atoms with Crippen LogP contribution in [0.3, 0.4) is 0 Å². The number of benzene rings is 3. The number of pyridine rings is 1. The van der Waals surface area contributed by atoms with Crippen molar-refractivity contribution in [1.82, 2.24) is 15.2 Å². The van der Waals surface area contributed by atoms with E-state index in [1.165, 1.54) is 38.5 Å². The number of fused-ring (bicyclic) bond motifs is 3. The van der Waals surface area contributed by atoms with E-state index in [-0.39, 0.29) is 5.75 Å². The molecule has 5 rings (SSSR count). The third kappa shape index (κ3) is 5.02. The molecule has 5 aromatic rings. The van der Waals surface area contributed by atoms with E-state index in [1.54, 1.807) is 13.2 Å². The third-order valence-corrected chi connectivity index (χ3v) is 6.19. The fraction of sp³-hybridized carbons (Fsp3) is 0.179. The third-order valence-electron chi connectivity index (χ3n) is 6.19. The summed E-state index contributed by atoms with van der Waals surface area (Å²) in [7, 11) is 4.67. The van der Waals surface area contributed by atoms with Gasteiger partial charge in [-0.25, -0.2) is 9.78 Å². The number of hydrogen-bond donors (Lipinski definition) is 1. The number of hydrogen-bond acceptors (Lipinski definition) is 7. The first kappa shape index (κ1) is 25.8. The van der Waals surface area contributed by atoms with Crippen molar-refractivity contribution in [3.05, 3.63) is 71.9 Å². The number of carbonyl (C=O) groups is 1. The van der Waals surface area contributed by atoms with Crippen LogP contribution in [0.2, 0.25) is 0 Å². The Hall–Kier alpha value is -4.80. The molecule has 2 aromatic heterocycles. The number of aromatic amines is 1. The summed E-state index contributed by atoms with van der Waals surface area (Å²) in [5.41, 5.74) is 3.39. The molecule has 1 N–H and O–H groups in total. The second kappa shape index (κ2) is 10.2. The molecular formula is C28H22F3N3O5. The average molecular weight is 537 g/mol. The van der Waals surface area contributed by atoms with Crippen LogP contribution >= 0.6 is 0 Å². The van der Waals surface area contributed by atoms with Crippen LogP contribution in [0.15, 0.2) is 60.7 Å². The number of aromatic nitrogens is 3. The smallest absolute Gasteiger partial charge is 0.491 e. The zero-order valence-corrected chi connectivity index (χ0v) is 21.1. The Morgan fingerprint density at radius 1 is 0.846 bits per heavy atom. The Bertz CT molecular complexity index is 1660. The van der Waals surface area contributed by atoms with E-state index in [0.717, 1.165) is 27.8 Å². The van der Waals surface area contributed by atoms with Crippen LogP contribution < -0.4 is 18.9 Å². The van der Waals surface area contributed by atoms with Crippen LogP contribution in [0.1, 0.15) is 11.3 Å². The minimum atomic E-state index is -5.10. The van der Waals surface area contributed by atoms with Crippen molar-refractivity contribution in [3.8, 4) is 34.3 Å². The molecule has 11 heteroatoms. The van der Waals surface area contributed by atoms with Crippen molar-refractivity contribution < 1.29 is 36.9 Å². The van der Waals surface area contributed by atoms with Crippen molar-refractivity contribution in [1.29, 1.82) is 0 Å². The molecule has 0 aliphatic rings. The predicted molar refractivity (Wildman–Crippen MR) is 137 cm³/mol. The number of methoxy groups -OCH3 is 3. The number of carbonyl (C=O) groups excluding carboxylic acids is 1. The SMILES string of the molecule is COc1ccc(Cc2n[nH]c3nc(-c4ccc(OC(=O)C(F)(F)F)cc4)c4cc(OC)c(OC)cc4c23)cc1. The van der Waals surface area contributed by atoms with Crippen LogP contribution in [-0.4, -0.2) is 48.7 Å². The lowest BCUT2D eigenvalue weighted by Crippen LogP contribution is -2.27. The highest BCUT2D eigenvalue weighted by molar-refractivity contribution is 6.12. The van der Waals surface area contributed by atoms with Crippen LogP contribution in [0.5, 0.6) is 23.0 Å². The number of nitrogens with one attached hydrogen (secondary N) is 1. The summed E-state index contributed by atoms with van der Waals surface area (Å²) in [6.07, 6.45) is -4.57. The fourth-order valence-corrected chi connectivity index (χ4v) is 4.32. The molecule has 2 heterocycles. The van der Waals surface area contributed by atoms with Crippen LogP contribution in [0, 0.1) is 0 Å². The number of rotatable bonds is 7. The van der Waals surface area contributed by atoms with E-state index in [4.69, 9.17) is 19.2 Å². The zero-order chi connectivity index (χ0) is 27.7. The van der Waals surface area contributed by atoms with E-state index in [9.17, 15) is 18.0 Å². The average Bonchev–Trinajstić information content (AvgIpc) is 3.34. The number of ether oxygens (including phenoxy) is 4. The van der Waals surface area contributed by atoms with Crippen molar-refractivity contribution in [2.45, 2.75) is 12.6 Å². The second-order valence-corrected chi connectivity index (χ2v) is 8.54. The van der Waals surface area contributed by atoms with E-state index in [0.29, 0.717) is 40.2 Å². The van der Waals surface area contributed by atoms with E-state index < -0.39 is 12.1 Å². The fourth-order valence-electron chi connectivity index (χ4n) is 4.32. The van der Waals surface area contributed by atoms with E-state index >= 15 is 0 Å². The van der Waals surface area contributed by atoms with Gasteiger partial charge in [-0.2, -0.15) is 18.3 Å². The molecule has 0 atom stereocenters. The molecule has 0 aliphatic heterocycles. The van der Waals surface area contributed by atoms with Crippen molar-refractivity contribution in [3.63, 3.8) is 0 Å². The molecule has 0 unspecified atom stereocenters. The summed E-state index contributed by atoms with van der Waals surface area (Å²) < 4.78 is 58.5. The van der Waals surface area contributed by atoms with Gasteiger partial charge in [-0.1, -0.05) is 12.1 Å². The van der Waals surface area contributed by atoms with Crippen molar-refractivity contribution in [2.24, 2.45) is 0 Å². The molecule has 8 nitrogen and oxygen atoms in total. The van der Waals surface area contributed by atoms with E-state index in [2.05, 4.69) is 14.9 Å².